The second-order valence-corrected chi connectivity index (χ2v) is 30.2. The predicted octanol–water partition coefficient (Wildman–Crippen LogP) is 31.7. The molecular weight excluding hydrogens is 1440 g/mol. The topological polar surface area (TPSA) is 25.1 Å². The zero-order chi connectivity index (χ0) is 78.0. The van der Waals surface area contributed by atoms with Gasteiger partial charge in [0.1, 0.15) is 0 Å². The van der Waals surface area contributed by atoms with Gasteiger partial charge in [0.05, 0.1) is 22.1 Å². The number of fused-ring (bicyclic) bond motifs is 10. The minimum Gasteiger partial charge on any atom is -0.356 e. The van der Waals surface area contributed by atoms with Crippen molar-refractivity contribution in [3.05, 3.63) is 466 Å². The van der Waals surface area contributed by atoms with Crippen molar-refractivity contribution in [1.29, 1.82) is 0 Å². The second-order valence-electron chi connectivity index (χ2n) is 29.8. The van der Waals surface area contributed by atoms with Crippen molar-refractivity contribution >= 4 is 127 Å². The van der Waals surface area contributed by atoms with Gasteiger partial charge in [-0.25, -0.2) is 0 Å². The number of aromatic nitrogens is 2. The third kappa shape index (κ3) is 14.3. The van der Waals surface area contributed by atoms with Gasteiger partial charge in [0.25, 0.3) is 0 Å². The van der Waals surface area contributed by atoms with Crippen LogP contribution in [0.4, 0.5) is 28.4 Å². The Kier molecular flexibility index (Phi) is 19.1. The number of hydrogen-bond donors (Lipinski definition) is 1. The summed E-state index contributed by atoms with van der Waals surface area (Å²) < 4.78 is 4.71. The molecule has 1 N–H and O–H groups in total. The zero-order valence-corrected chi connectivity index (χ0v) is 64.9. The lowest BCUT2D eigenvalue weighted by Gasteiger charge is -2.26. The molecule has 0 saturated carbocycles. The standard InChI is InChI=1S/C56H38N2.C34H24N2.C22H15Cl/c1-2-12-45-38-46(25-24-39(45)10-1)42-22-20-40(21-23-42)41-26-30-47(31-27-41)57(48-32-28-44(29-33-48)52-17-9-13-43-11-3-4-14-51(43)52)49-34-36-50(37-35-49)58-55-18-7-5-15-53(55)54-16-6-8-19-56(54)58;1-2-10-29-24(8-1)9-7-13-30(29)25-16-18-26(19-17-25)35-27-20-22-28(23-21-27)36-33-14-5-3-11-31(33)32-12-4-6-15-34(32)36;23-22-13-11-18(12-14-22)17-5-7-19(8-6-17)21-10-9-16-3-1-2-4-20(16)15-21/h1-38H;1-23,35H;1-15H. The largest absolute Gasteiger partial charge is 0.356 e. The molecule has 22 aromatic rings. The average molecular weight is 1510 g/mol. The molecule has 0 aliphatic rings. The van der Waals surface area contributed by atoms with Crippen LogP contribution >= 0.6 is 11.6 Å². The number of anilines is 5. The van der Waals surface area contributed by atoms with Crippen LogP contribution in [0.1, 0.15) is 0 Å². The summed E-state index contributed by atoms with van der Waals surface area (Å²) in [5.41, 5.74) is 27.2. The summed E-state index contributed by atoms with van der Waals surface area (Å²) >= 11 is 5.95. The number of nitrogens with zero attached hydrogens (tertiary/aromatic N) is 3. The van der Waals surface area contributed by atoms with Crippen LogP contribution in [-0.4, -0.2) is 9.13 Å². The highest BCUT2D eigenvalue weighted by Gasteiger charge is 2.19. The van der Waals surface area contributed by atoms with Crippen LogP contribution in [0.25, 0.3) is 165 Å². The van der Waals surface area contributed by atoms with Crippen LogP contribution in [0.2, 0.25) is 5.02 Å². The minimum absolute atomic E-state index is 0.765. The van der Waals surface area contributed by atoms with Crippen molar-refractivity contribution in [2.75, 3.05) is 10.2 Å². The van der Waals surface area contributed by atoms with E-state index in [1.165, 1.54) is 153 Å². The number of nitrogens with one attached hydrogen (secondary N) is 1. The molecule has 4 nitrogen and oxygen atoms in total. The number of hydrogen-bond acceptors (Lipinski definition) is 2. The molecule has 0 aliphatic heterocycles. The second kappa shape index (κ2) is 31.5. The van der Waals surface area contributed by atoms with E-state index in [0.29, 0.717) is 0 Å². The van der Waals surface area contributed by atoms with E-state index in [1.807, 2.05) is 24.3 Å². The lowest BCUT2D eigenvalue weighted by Crippen LogP contribution is -2.10. The van der Waals surface area contributed by atoms with Gasteiger partial charge in [-0.2, -0.15) is 0 Å². The SMILES string of the molecule is Clc1ccc(-c2ccc(-c3ccc4ccccc4c3)cc2)cc1.c1ccc2c(-c3ccc(Nc4ccc(-n5c6ccccc6c6ccccc65)cc4)cc3)cccc2c1.c1ccc2cc(-c3ccc(-c4ccc(N(c5ccc(-c6cccc7ccccc67)cc5)c5ccc(-n6c7ccccc7c7ccccc76)cc5)cc4)cc3)ccc2c1. The van der Waals surface area contributed by atoms with Gasteiger partial charge in [0.2, 0.25) is 0 Å². The molecule has 0 amide bonds. The third-order valence-electron chi connectivity index (χ3n) is 22.7. The van der Waals surface area contributed by atoms with Crippen molar-refractivity contribution in [3.8, 4) is 78.1 Å². The Morgan fingerprint density at radius 2 is 0.444 bits per heavy atom. The smallest absolute Gasteiger partial charge is 0.0541 e. The van der Waals surface area contributed by atoms with Crippen molar-refractivity contribution in [1.82, 2.24) is 9.13 Å². The molecule has 0 aliphatic carbocycles. The summed E-state index contributed by atoms with van der Waals surface area (Å²) in [6, 6.07) is 165. The van der Waals surface area contributed by atoms with Crippen LogP contribution < -0.4 is 10.2 Å². The Morgan fingerprint density at radius 1 is 0.188 bits per heavy atom. The Hall–Kier alpha value is -15.1. The Bertz CT molecular complexity index is 7230. The molecule has 0 fully saturated rings. The lowest BCUT2D eigenvalue weighted by atomic mass is 9.97. The average Bonchev–Trinajstić information content (AvgIpc) is 1.61. The molecule has 20 aromatic carbocycles. The first-order valence-electron chi connectivity index (χ1n) is 39.9. The molecule has 22 rings (SSSR count). The highest BCUT2D eigenvalue weighted by atomic mass is 35.5. The highest BCUT2D eigenvalue weighted by molar-refractivity contribution is 6.30. The molecule has 0 saturated heterocycles. The number of rotatable bonds is 13. The third-order valence-corrected chi connectivity index (χ3v) is 23.0. The fraction of sp³-hybridized carbons (Fsp3) is 0. The molecule has 5 heteroatoms. The first-order valence-corrected chi connectivity index (χ1v) is 40.2. The van der Waals surface area contributed by atoms with Crippen LogP contribution in [0.5, 0.6) is 0 Å². The van der Waals surface area contributed by atoms with Gasteiger partial charge < -0.3 is 19.4 Å². The first-order chi connectivity index (χ1) is 57.9. The van der Waals surface area contributed by atoms with Gasteiger partial charge >= 0.3 is 0 Å². The molecule has 0 bridgehead atoms. The van der Waals surface area contributed by atoms with Crippen LogP contribution in [0.15, 0.2) is 461 Å². The fourth-order valence-corrected chi connectivity index (χ4v) is 17.0. The molecule has 0 spiro atoms. The monoisotopic (exact) mass is 1510 g/mol. The molecule has 2 heterocycles. The summed E-state index contributed by atoms with van der Waals surface area (Å²) in [5, 5.41) is 19.5. The number of benzene rings is 20. The van der Waals surface area contributed by atoms with Crippen molar-refractivity contribution < 1.29 is 0 Å². The quantitative estimate of drug-likeness (QED) is 0.124. The van der Waals surface area contributed by atoms with E-state index in [-0.39, 0.29) is 0 Å². The molecule has 0 atom stereocenters. The molecule has 117 heavy (non-hydrogen) atoms. The Morgan fingerprint density at radius 3 is 0.829 bits per heavy atom. The van der Waals surface area contributed by atoms with Crippen molar-refractivity contribution in [3.63, 3.8) is 0 Å². The van der Waals surface area contributed by atoms with Gasteiger partial charge in [0, 0.05) is 66.4 Å². The van der Waals surface area contributed by atoms with Crippen molar-refractivity contribution in [2.45, 2.75) is 0 Å². The van der Waals surface area contributed by atoms with Gasteiger partial charge in [-0.15, -0.1) is 0 Å². The summed E-state index contributed by atoms with van der Waals surface area (Å²) in [5.74, 6) is 0. The maximum Gasteiger partial charge on any atom is 0.0541 e. The zero-order valence-electron chi connectivity index (χ0n) is 64.1. The van der Waals surface area contributed by atoms with E-state index in [0.717, 1.165) is 44.8 Å². The summed E-state index contributed by atoms with van der Waals surface area (Å²) in [6.45, 7) is 0. The minimum atomic E-state index is 0.765. The number of halogens is 1. The molecule has 0 radical (unpaired) electrons. The first kappa shape index (κ1) is 71.0. The molecule has 552 valence electrons. The molecule has 0 unspecified atom stereocenters. The van der Waals surface area contributed by atoms with Gasteiger partial charge in [0.15, 0.2) is 0 Å². The van der Waals surface area contributed by atoms with Gasteiger partial charge in [-0.05, 0) is 243 Å². The Labute approximate surface area is 685 Å². The van der Waals surface area contributed by atoms with E-state index in [1.54, 1.807) is 0 Å². The van der Waals surface area contributed by atoms with Crippen molar-refractivity contribution in [2.24, 2.45) is 0 Å². The van der Waals surface area contributed by atoms with E-state index < -0.39 is 0 Å². The summed E-state index contributed by atoms with van der Waals surface area (Å²) in [7, 11) is 0. The van der Waals surface area contributed by atoms with Gasteiger partial charge in [-0.3, -0.25) is 0 Å². The molecular formula is C112H77ClN4. The van der Waals surface area contributed by atoms with E-state index in [4.69, 9.17) is 11.6 Å². The Balaban J connectivity index is 0.000000126. The van der Waals surface area contributed by atoms with Crippen LogP contribution in [0, 0.1) is 0 Å². The normalized spacial score (nSPS) is 11.3. The van der Waals surface area contributed by atoms with Crippen LogP contribution in [0.3, 0.4) is 0 Å². The number of para-hydroxylation sites is 4. The maximum atomic E-state index is 5.95. The fourth-order valence-electron chi connectivity index (χ4n) is 16.8. The maximum absolute atomic E-state index is 5.95. The predicted molar refractivity (Wildman–Crippen MR) is 500 cm³/mol. The van der Waals surface area contributed by atoms with Crippen LogP contribution in [-0.2, 0) is 0 Å². The lowest BCUT2D eigenvalue weighted by molar-refractivity contribution is 1.17. The van der Waals surface area contributed by atoms with Gasteiger partial charge in [-0.1, -0.05) is 339 Å². The van der Waals surface area contributed by atoms with E-state index in [9.17, 15) is 0 Å². The van der Waals surface area contributed by atoms with E-state index in [2.05, 4.69) is 456 Å². The highest BCUT2D eigenvalue weighted by Crippen LogP contribution is 2.42. The van der Waals surface area contributed by atoms with E-state index >= 15 is 0 Å². The molecule has 2 aromatic heterocycles. The summed E-state index contributed by atoms with van der Waals surface area (Å²) in [6.07, 6.45) is 0. The summed E-state index contributed by atoms with van der Waals surface area (Å²) in [4.78, 5) is 2.36.